The molecule has 0 aliphatic rings. The number of anilines is 1. The number of rotatable bonds is 8. The van der Waals surface area contributed by atoms with E-state index in [0.29, 0.717) is 12.2 Å². The predicted octanol–water partition coefficient (Wildman–Crippen LogP) is 4.06. The second-order valence-electron chi connectivity index (χ2n) is 6.58. The molecule has 0 spiro atoms. The molecule has 3 aromatic rings. The average Bonchev–Trinajstić information content (AvgIpc) is 2.81. The van der Waals surface area contributed by atoms with E-state index in [-0.39, 0.29) is 23.9 Å². The van der Waals surface area contributed by atoms with Gasteiger partial charge in [0.25, 0.3) is 0 Å². The Labute approximate surface area is 183 Å². The highest BCUT2D eigenvalue weighted by Crippen LogP contribution is 2.25. The number of hydrogen-bond donors (Lipinski definition) is 2. The van der Waals surface area contributed by atoms with E-state index in [1.165, 1.54) is 18.8 Å². The van der Waals surface area contributed by atoms with Crippen LogP contribution >= 0.6 is 0 Å². The fraction of sp³-hybridized carbons (Fsp3) is 0.292. The number of carbonyl (C=O) groups excluding carboxylic acids is 2. The zero-order valence-corrected chi connectivity index (χ0v) is 18.5. The monoisotopic (exact) mass is 419 g/mol. The summed E-state index contributed by atoms with van der Waals surface area (Å²) >= 11 is 0. The Morgan fingerprint density at radius 3 is 2.35 bits per heavy atom. The Hall–Kier alpha value is -3.45. The van der Waals surface area contributed by atoms with Crippen LogP contribution in [-0.2, 0) is 17.8 Å². The maximum Gasteiger partial charge on any atom is 0.238 e. The number of benzene rings is 1. The van der Waals surface area contributed by atoms with Crippen LogP contribution in [0.3, 0.4) is 0 Å². The molecule has 1 aromatic carbocycles. The molecule has 0 saturated heterocycles. The van der Waals surface area contributed by atoms with E-state index in [4.69, 9.17) is 0 Å². The van der Waals surface area contributed by atoms with E-state index in [1.807, 2.05) is 26.0 Å². The standard InChI is InChI=1S/C22H23N5O2.C2H6/c1-3-16-4-6-17(7-5-16)18-10-20(22(15(2)28)25-11-18)27-21(29)13-24-12-19-8-9-23-14-26-19;1-2/h4-11,14,24H,3,12-13H2,1-2H3,(H,27,29);1-2H3. The van der Waals surface area contributed by atoms with E-state index in [2.05, 4.69) is 44.6 Å². The van der Waals surface area contributed by atoms with Gasteiger partial charge in [0, 0.05) is 31.4 Å². The Bertz CT molecular complexity index is 989. The summed E-state index contributed by atoms with van der Waals surface area (Å²) in [5.74, 6) is -0.469. The van der Waals surface area contributed by atoms with Crippen molar-refractivity contribution in [2.75, 3.05) is 11.9 Å². The predicted molar refractivity (Wildman–Crippen MR) is 123 cm³/mol. The fourth-order valence-electron chi connectivity index (χ4n) is 2.85. The molecule has 7 heteroatoms. The minimum Gasteiger partial charge on any atom is -0.323 e. The molecule has 162 valence electrons. The molecule has 0 aliphatic heterocycles. The van der Waals surface area contributed by atoms with Crippen LogP contribution in [-0.4, -0.2) is 33.2 Å². The zero-order chi connectivity index (χ0) is 22.6. The van der Waals surface area contributed by atoms with E-state index in [0.717, 1.165) is 23.2 Å². The fourth-order valence-corrected chi connectivity index (χ4v) is 2.85. The van der Waals surface area contributed by atoms with E-state index in [9.17, 15) is 9.59 Å². The van der Waals surface area contributed by atoms with Crippen molar-refractivity contribution in [2.24, 2.45) is 0 Å². The van der Waals surface area contributed by atoms with Crippen LogP contribution in [0.15, 0.2) is 55.1 Å². The first-order chi connectivity index (χ1) is 15.1. The number of carbonyl (C=O) groups is 2. The maximum atomic E-state index is 12.4. The summed E-state index contributed by atoms with van der Waals surface area (Å²) < 4.78 is 0. The van der Waals surface area contributed by atoms with Crippen LogP contribution in [0.2, 0.25) is 0 Å². The summed E-state index contributed by atoms with van der Waals surface area (Å²) in [5, 5.41) is 5.82. The summed E-state index contributed by atoms with van der Waals surface area (Å²) in [5.41, 5.74) is 4.48. The molecule has 1 amide bonds. The molecular weight excluding hydrogens is 390 g/mol. The second-order valence-corrected chi connectivity index (χ2v) is 6.58. The molecule has 0 saturated carbocycles. The summed E-state index contributed by atoms with van der Waals surface area (Å²) in [7, 11) is 0. The Morgan fingerprint density at radius 1 is 1.00 bits per heavy atom. The molecule has 3 rings (SSSR count). The first kappa shape index (κ1) is 23.8. The SMILES string of the molecule is CC.CCc1ccc(-c2cnc(C(C)=O)c(NC(=O)CNCc3ccncn3)c2)cc1. The number of pyridine rings is 1. The number of hydrogen-bond acceptors (Lipinski definition) is 6. The lowest BCUT2D eigenvalue weighted by atomic mass is 10.0. The smallest absolute Gasteiger partial charge is 0.238 e. The maximum absolute atomic E-state index is 12.4. The molecule has 0 fully saturated rings. The van der Waals surface area contributed by atoms with Crippen LogP contribution in [0.25, 0.3) is 11.1 Å². The topological polar surface area (TPSA) is 96.9 Å². The van der Waals surface area contributed by atoms with Gasteiger partial charge >= 0.3 is 0 Å². The lowest BCUT2D eigenvalue weighted by Gasteiger charge is -2.12. The van der Waals surface area contributed by atoms with Crippen molar-refractivity contribution in [1.29, 1.82) is 0 Å². The molecular formula is C24H29N5O2. The average molecular weight is 420 g/mol. The number of aryl methyl sites for hydroxylation is 1. The van der Waals surface area contributed by atoms with Crippen molar-refractivity contribution in [1.82, 2.24) is 20.3 Å². The van der Waals surface area contributed by atoms with Crippen molar-refractivity contribution in [2.45, 2.75) is 40.7 Å². The molecule has 0 bridgehead atoms. The highest BCUT2D eigenvalue weighted by atomic mass is 16.2. The third-order valence-corrected chi connectivity index (χ3v) is 4.43. The van der Waals surface area contributed by atoms with Gasteiger partial charge in [-0.05, 0) is 29.7 Å². The largest absolute Gasteiger partial charge is 0.323 e. The third kappa shape index (κ3) is 7.08. The van der Waals surface area contributed by atoms with Gasteiger partial charge in [0.1, 0.15) is 12.0 Å². The van der Waals surface area contributed by atoms with Crippen LogP contribution in [0.4, 0.5) is 5.69 Å². The molecule has 2 aromatic heterocycles. The molecule has 7 nitrogen and oxygen atoms in total. The van der Waals surface area contributed by atoms with Gasteiger partial charge in [0.05, 0.1) is 17.9 Å². The highest BCUT2D eigenvalue weighted by molar-refractivity contribution is 6.03. The Morgan fingerprint density at radius 2 is 1.74 bits per heavy atom. The van der Waals surface area contributed by atoms with Gasteiger partial charge < -0.3 is 10.6 Å². The number of aromatic nitrogens is 3. The first-order valence-corrected chi connectivity index (χ1v) is 10.4. The molecule has 2 heterocycles. The zero-order valence-electron chi connectivity index (χ0n) is 18.5. The van der Waals surface area contributed by atoms with Crippen LogP contribution in [0.1, 0.15) is 49.4 Å². The van der Waals surface area contributed by atoms with Gasteiger partial charge in [-0.25, -0.2) is 9.97 Å². The summed E-state index contributed by atoms with van der Waals surface area (Å²) in [4.78, 5) is 36.5. The molecule has 0 radical (unpaired) electrons. The second kappa shape index (κ2) is 12.3. The molecule has 31 heavy (non-hydrogen) atoms. The van der Waals surface area contributed by atoms with Crippen molar-refractivity contribution in [3.05, 3.63) is 72.1 Å². The number of nitrogens with one attached hydrogen (secondary N) is 2. The van der Waals surface area contributed by atoms with Crippen molar-refractivity contribution >= 4 is 17.4 Å². The van der Waals surface area contributed by atoms with Gasteiger partial charge in [0.2, 0.25) is 5.91 Å². The lowest BCUT2D eigenvalue weighted by molar-refractivity contribution is -0.115. The lowest BCUT2D eigenvalue weighted by Crippen LogP contribution is -2.28. The minimum atomic E-state index is -0.262. The Kier molecular flexibility index (Phi) is 9.45. The molecule has 2 N–H and O–H groups in total. The van der Waals surface area contributed by atoms with Crippen molar-refractivity contribution < 1.29 is 9.59 Å². The van der Waals surface area contributed by atoms with Gasteiger partial charge in [0.15, 0.2) is 5.78 Å². The summed E-state index contributed by atoms with van der Waals surface area (Å²) in [6.07, 6.45) is 5.72. The number of nitrogens with zero attached hydrogens (tertiary/aromatic N) is 3. The number of amides is 1. The van der Waals surface area contributed by atoms with Crippen LogP contribution < -0.4 is 10.6 Å². The normalized spacial score (nSPS) is 10.1. The van der Waals surface area contributed by atoms with Gasteiger partial charge in [-0.15, -0.1) is 0 Å². The molecule has 0 unspecified atom stereocenters. The van der Waals surface area contributed by atoms with E-state index < -0.39 is 0 Å². The molecule has 0 atom stereocenters. The highest BCUT2D eigenvalue weighted by Gasteiger charge is 2.14. The third-order valence-electron chi connectivity index (χ3n) is 4.43. The van der Waals surface area contributed by atoms with Crippen molar-refractivity contribution in [3.8, 4) is 11.1 Å². The van der Waals surface area contributed by atoms with E-state index in [1.54, 1.807) is 24.5 Å². The quantitative estimate of drug-likeness (QED) is 0.535. The van der Waals surface area contributed by atoms with Gasteiger partial charge in [-0.3, -0.25) is 14.6 Å². The summed E-state index contributed by atoms with van der Waals surface area (Å²) in [6, 6.07) is 11.7. The molecule has 0 aliphatic carbocycles. The van der Waals surface area contributed by atoms with E-state index >= 15 is 0 Å². The first-order valence-electron chi connectivity index (χ1n) is 10.4. The van der Waals surface area contributed by atoms with Crippen LogP contribution in [0.5, 0.6) is 0 Å². The van der Waals surface area contributed by atoms with Crippen molar-refractivity contribution in [3.63, 3.8) is 0 Å². The minimum absolute atomic E-state index is 0.0801. The van der Waals surface area contributed by atoms with Gasteiger partial charge in [-0.2, -0.15) is 0 Å². The van der Waals surface area contributed by atoms with Gasteiger partial charge in [-0.1, -0.05) is 45.0 Å². The number of Topliss-reactive ketones (excluding diaryl/α,β-unsaturated/α-hetero) is 1. The summed E-state index contributed by atoms with van der Waals surface area (Å²) in [6.45, 7) is 8.06. The van der Waals surface area contributed by atoms with Crippen LogP contribution in [0, 0.1) is 0 Å². The Balaban J connectivity index is 0.00000166. The number of ketones is 1.